The van der Waals surface area contributed by atoms with Gasteiger partial charge in [0.2, 0.25) is 29.5 Å². The van der Waals surface area contributed by atoms with Crippen LogP contribution in [0.15, 0.2) is 51.8 Å². The first-order valence-electron chi connectivity index (χ1n) is 19.2. The van der Waals surface area contributed by atoms with Crippen molar-refractivity contribution in [1.29, 1.82) is 0 Å². The minimum atomic E-state index is -1.10. The van der Waals surface area contributed by atoms with E-state index in [0.29, 0.717) is 19.3 Å². The molecule has 1 aliphatic carbocycles. The van der Waals surface area contributed by atoms with Crippen LogP contribution in [0.1, 0.15) is 73.8 Å². The van der Waals surface area contributed by atoms with Crippen LogP contribution in [0, 0.1) is 5.92 Å². The molecule has 17 heteroatoms. The zero-order chi connectivity index (χ0) is 39.1. The molecule has 1 aromatic heterocycles. The summed E-state index contributed by atoms with van der Waals surface area (Å²) in [5, 5.41) is 10.7. The number of nitrogens with one attached hydrogen (secondary N) is 3. The summed E-state index contributed by atoms with van der Waals surface area (Å²) in [5.41, 5.74) is 24.0. The number of amides is 5. The molecule has 16 nitrogen and oxygen atoms in total. The van der Waals surface area contributed by atoms with Gasteiger partial charge in [-0.3, -0.25) is 34.0 Å². The molecule has 0 radical (unpaired) electrons. The van der Waals surface area contributed by atoms with Crippen molar-refractivity contribution < 1.29 is 24.0 Å². The number of aliphatic imine (C=N–C) groups is 2. The molecule has 1 saturated carbocycles. The fourth-order valence-corrected chi connectivity index (χ4v) is 9.30. The predicted octanol–water partition coefficient (Wildman–Crippen LogP) is -0.0210. The van der Waals surface area contributed by atoms with Crippen LogP contribution < -0.4 is 38.9 Å². The minimum Gasteiger partial charge on any atom is -0.370 e. The fourth-order valence-electron chi connectivity index (χ4n) is 8.55. The lowest BCUT2D eigenvalue weighted by Gasteiger charge is -2.42. The monoisotopic (exact) mass is 775 g/mol. The maximum Gasteiger partial charge on any atom is 0.246 e. The molecule has 3 aliphatic heterocycles. The van der Waals surface area contributed by atoms with Gasteiger partial charge in [0.15, 0.2) is 11.9 Å². The van der Waals surface area contributed by atoms with Crippen LogP contribution in [0.2, 0.25) is 0 Å². The summed E-state index contributed by atoms with van der Waals surface area (Å²) in [6.45, 7) is 0.584. The van der Waals surface area contributed by atoms with E-state index < -0.39 is 53.8 Å². The van der Waals surface area contributed by atoms with Gasteiger partial charge in [-0.25, -0.2) is 0 Å². The van der Waals surface area contributed by atoms with Crippen LogP contribution in [-0.4, -0.2) is 101 Å². The van der Waals surface area contributed by atoms with E-state index in [1.165, 1.54) is 11.3 Å². The van der Waals surface area contributed by atoms with Crippen molar-refractivity contribution in [3.63, 3.8) is 0 Å². The second-order valence-corrected chi connectivity index (χ2v) is 16.0. The van der Waals surface area contributed by atoms with Crippen molar-refractivity contribution in [2.24, 2.45) is 38.8 Å². The molecule has 2 unspecified atom stereocenters. The Hall–Kier alpha value is -5.19. The van der Waals surface area contributed by atoms with E-state index in [1.807, 2.05) is 41.8 Å². The summed E-state index contributed by atoms with van der Waals surface area (Å²) in [6, 6.07) is 6.36. The Labute approximate surface area is 324 Å². The van der Waals surface area contributed by atoms with E-state index in [1.54, 1.807) is 9.80 Å². The number of nitrogens with two attached hydrogens (primary N) is 4. The van der Waals surface area contributed by atoms with Gasteiger partial charge >= 0.3 is 0 Å². The van der Waals surface area contributed by atoms with Gasteiger partial charge in [0, 0.05) is 43.4 Å². The van der Waals surface area contributed by atoms with E-state index in [4.69, 9.17) is 22.9 Å². The third kappa shape index (κ3) is 9.55. The highest BCUT2D eigenvalue weighted by atomic mass is 32.1. The van der Waals surface area contributed by atoms with Gasteiger partial charge in [0.25, 0.3) is 0 Å². The molecule has 5 amide bonds. The van der Waals surface area contributed by atoms with Crippen LogP contribution in [0.25, 0.3) is 0 Å². The van der Waals surface area contributed by atoms with Gasteiger partial charge in [0.1, 0.15) is 30.2 Å². The molecular formula is C38H53N11O5S. The largest absolute Gasteiger partial charge is 0.370 e. The smallest absolute Gasteiger partial charge is 0.246 e. The Kier molecular flexibility index (Phi) is 12.9. The molecule has 0 spiro atoms. The topological polar surface area (TPSA) is 257 Å². The molecule has 3 fully saturated rings. The summed E-state index contributed by atoms with van der Waals surface area (Å²) in [7, 11) is 0. The number of carbonyl (C=O) groups excluding carboxylic acids is 5. The number of benzene rings is 1. The maximum atomic E-state index is 15.1. The van der Waals surface area contributed by atoms with Crippen molar-refractivity contribution in [3.8, 4) is 0 Å². The second-order valence-electron chi connectivity index (χ2n) is 14.9. The van der Waals surface area contributed by atoms with E-state index in [9.17, 15) is 19.2 Å². The SMILES string of the molecule is NC(N)=NCCC[C@@H]1NC(=O)[C@H](CCCN=C(N)N)NC(=O)[C@@H]2CC3CCCCC3N2C(=O)[C@H]2Cc3ccccc3CN2C(=O)[C@H](Cc2cccs2)NC1=O. The van der Waals surface area contributed by atoms with Crippen LogP contribution >= 0.6 is 11.3 Å². The summed E-state index contributed by atoms with van der Waals surface area (Å²) < 4.78 is 0. The standard InChI is InChI=1S/C38H53N11O5S/c39-37(40)43-15-5-12-26-33(51)47-28(20-25-11-7-17-55-25)35(53)48-21-24-10-2-1-8-22(24)18-31(48)36(54)49-29-14-4-3-9-23(29)19-30(49)34(52)46-27(32(50)45-26)13-6-16-44-38(41)42/h1-2,7-8,10-11,17,23,26-31H,3-6,9,12-16,18-21H2,(H,45,50)(H,46,52)(H,47,51)(H4,39,40,43)(H4,41,42,44)/t23?,26-,27-,28-,29?,30-,31+/m0/s1. The number of rotatable bonds is 10. The second kappa shape index (κ2) is 18.0. The quantitative estimate of drug-likeness (QED) is 0.0971. The first-order chi connectivity index (χ1) is 26.5. The molecule has 4 aliphatic rings. The lowest BCUT2D eigenvalue weighted by Crippen LogP contribution is -2.61. The molecule has 1 aromatic carbocycles. The summed E-state index contributed by atoms with van der Waals surface area (Å²) in [4.78, 5) is 85.2. The van der Waals surface area contributed by atoms with Gasteiger partial charge in [-0.05, 0) is 73.4 Å². The van der Waals surface area contributed by atoms with Crippen molar-refractivity contribution in [2.75, 3.05) is 13.1 Å². The van der Waals surface area contributed by atoms with Crippen LogP contribution in [0.3, 0.4) is 0 Å². The highest BCUT2D eigenvalue weighted by Crippen LogP contribution is 2.41. The summed E-state index contributed by atoms with van der Waals surface area (Å²) in [6.07, 6.45) is 5.45. The summed E-state index contributed by atoms with van der Waals surface area (Å²) >= 11 is 1.46. The first-order valence-corrected chi connectivity index (χ1v) is 20.1. The highest BCUT2D eigenvalue weighted by Gasteiger charge is 2.51. The Bertz CT molecular complexity index is 1780. The van der Waals surface area contributed by atoms with Crippen LogP contribution in [-0.2, 0) is 43.4 Å². The Morgan fingerprint density at radius 3 is 1.98 bits per heavy atom. The van der Waals surface area contributed by atoms with Gasteiger partial charge in [-0.15, -0.1) is 11.3 Å². The first kappa shape index (κ1) is 39.5. The maximum absolute atomic E-state index is 15.1. The van der Waals surface area contributed by atoms with Gasteiger partial charge in [-0.2, -0.15) is 0 Å². The number of guanidine groups is 2. The number of hydrogen-bond donors (Lipinski definition) is 7. The van der Waals surface area contributed by atoms with E-state index in [0.717, 1.165) is 41.7 Å². The van der Waals surface area contributed by atoms with Crippen LogP contribution in [0.4, 0.5) is 0 Å². The molecule has 7 atom stereocenters. The molecule has 2 aromatic rings. The lowest BCUT2D eigenvalue weighted by atomic mass is 9.84. The normalized spacial score (nSPS) is 27.2. The number of fused-ring (bicyclic) bond motifs is 5. The summed E-state index contributed by atoms with van der Waals surface area (Å²) in [5.74, 6) is -2.40. The van der Waals surface area contributed by atoms with E-state index in [2.05, 4.69) is 25.9 Å². The number of thiophene rings is 1. The molecule has 296 valence electrons. The third-order valence-electron chi connectivity index (χ3n) is 11.2. The Morgan fingerprint density at radius 1 is 0.727 bits per heavy atom. The lowest BCUT2D eigenvalue weighted by molar-refractivity contribution is -0.152. The van der Waals surface area contributed by atoms with Gasteiger partial charge in [-0.1, -0.05) is 43.2 Å². The van der Waals surface area contributed by atoms with Gasteiger partial charge < -0.3 is 48.7 Å². The van der Waals surface area contributed by atoms with Crippen molar-refractivity contribution in [3.05, 3.63) is 57.8 Å². The number of nitrogens with zero attached hydrogens (tertiary/aromatic N) is 4. The minimum absolute atomic E-state index is 0.0955. The van der Waals surface area contributed by atoms with E-state index in [-0.39, 0.29) is 75.1 Å². The Balaban J connectivity index is 1.42. The van der Waals surface area contributed by atoms with E-state index >= 15 is 4.79 Å². The predicted molar refractivity (Wildman–Crippen MR) is 209 cm³/mol. The zero-order valence-corrected chi connectivity index (χ0v) is 31.8. The molecule has 11 N–H and O–H groups in total. The third-order valence-corrected chi connectivity index (χ3v) is 12.1. The molecular weight excluding hydrogens is 723 g/mol. The van der Waals surface area contributed by atoms with Crippen LogP contribution in [0.5, 0.6) is 0 Å². The van der Waals surface area contributed by atoms with Crippen molar-refractivity contribution in [1.82, 2.24) is 25.8 Å². The number of hydrogen-bond acceptors (Lipinski definition) is 8. The zero-order valence-electron chi connectivity index (χ0n) is 31.0. The van der Waals surface area contributed by atoms with Gasteiger partial charge in [0.05, 0.1) is 0 Å². The average Bonchev–Trinajstić information content (AvgIpc) is 3.83. The molecule has 55 heavy (non-hydrogen) atoms. The average molecular weight is 776 g/mol. The molecule has 0 bridgehead atoms. The highest BCUT2D eigenvalue weighted by molar-refractivity contribution is 7.09. The van der Waals surface area contributed by atoms with Crippen molar-refractivity contribution >= 4 is 52.8 Å². The molecule has 2 saturated heterocycles. The Morgan fingerprint density at radius 2 is 1.35 bits per heavy atom. The fraction of sp³-hybridized carbons (Fsp3) is 0.553. The van der Waals surface area contributed by atoms with Crippen molar-refractivity contribution in [2.45, 2.75) is 113 Å². The number of carbonyl (C=O) groups is 5. The molecule has 6 rings (SSSR count). The molecule has 4 heterocycles.